The number of nitrogens with zero attached hydrogens (tertiary/aromatic N) is 3. The molecule has 2 aromatic carbocycles. The van der Waals surface area contributed by atoms with E-state index in [4.69, 9.17) is 12.2 Å². The molecule has 10 heteroatoms. The predicted octanol–water partition coefficient (Wildman–Crippen LogP) is 4.07. The van der Waals surface area contributed by atoms with Gasteiger partial charge in [-0.25, -0.2) is 4.39 Å². The molecule has 0 bridgehead atoms. The maximum Gasteiger partial charge on any atom is 0.262 e. The number of carbonyl (C=O) groups excluding carboxylic acids is 1. The van der Waals surface area contributed by atoms with Crippen molar-refractivity contribution >= 4 is 50.6 Å². The fourth-order valence-electron chi connectivity index (χ4n) is 4.36. The lowest BCUT2D eigenvalue weighted by Crippen LogP contribution is -2.47. The van der Waals surface area contributed by atoms with Gasteiger partial charge in [-0.2, -0.15) is 0 Å². The van der Waals surface area contributed by atoms with Crippen LogP contribution in [0.3, 0.4) is 0 Å². The Morgan fingerprint density at radius 2 is 1.86 bits per heavy atom. The Morgan fingerprint density at radius 1 is 1.09 bits per heavy atom. The maximum atomic E-state index is 14.0. The van der Waals surface area contributed by atoms with Crippen LogP contribution in [0.1, 0.15) is 19.3 Å². The molecule has 0 atom stereocenters. The molecule has 1 aliphatic heterocycles. The number of hydrogen-bond donors (Lipinski definition) is 2. The quantitative estimate of drug-likeness (QED) is 0.304. The van der Waals surface area contributed by atoms with E-state index in [-0.39, 0.29) is 17.3 Å². The van der Waals surface area contributed by atoms with E-state index in [9.17, 15) is 14.0 Å². The van der Waals surface area contributed by atoms with E-state index in [1.54, 1.807) is 12.1 Å². The fourth-order valence-corrected chi connectivity index (χ4v) is 5.01. The third kappa shape index (κ3) is 6.56. The Balaban J connectivity index is 1.15. The number of aromatic amines is 1. The van der Waals surface area contributed by atoms with Gasteiger partial charge in [-0.1, -0.05) is 28.1 Å². The monoisotopic (exact) mass is 561 g/mol. The van der Waals surface area contributed by atoms with E-state index in [2.05, 4.69) is 36.0 Å². The topological polar surface area (TPSA) is 73.4 Å². The van der Waals surface area contributed by atoms with E-state index in [0.717, 1.165) is 43.6 Å². The highest BCUT2D eigenvalue weighted by Gasteiger charge is 2.18. The van der Waals surface area contributed by atoms with Crippen LogP contribution in [0.4, 0.5) is 10.1 Å². The van der Waals surface area contributed by atoms with Crippen LogP contribution in [-0.2, 0) is 11.3 Å². The summed E-state index contributed by atoms with van der Waals surface area (Å²) in [5, 5.41) is 3.53. The van der Waals surface area contributed by atoms with Crippen LogP contribution in [0.25, 0.3) is 10.9 Å². The molecular formula is C25H29BrFN5O2S. The Kier molecular flexibility index (Phi) is 8.69. The van der Waals surface area contributed by atoms with Crippen molar-refractivity contribution in [3.63, 3.8) is 0 Å². The molecule has 0 spiro atoms. The number of rotatable bonds is 9. The lowest BCUT2D eigenvalue weighted by Gasteiger charge is -2.36. The molecule has 0 aliphatic carbocycles. The minimum absolute atomic E-state index is 0.0270. The average Bonchev–Trinajstić information content (AvgIpc) is 2.85. The third-order valence-electron chi connectivity index (χ3n) is 6.27. The summed E-state index contributed by atoms with van der Waals surface area (Å²) >= 11 is 8.73. The van der Waals surface area contributed by atoms with Gasteiger partial charge in [0.15, 0.2) is 4.77 Å². The second-order valence-electron chi connectivity index (χ2n) is 8.66. The van der Waals surface area contributed by atoms with Crippen molar-refractivity contribution in [3.05, 3.63) is 67.9 Å². The summed E-state index contributed by atoms with van der Waals surface area (Å²) in [6.45, 7) is 5.22. The van der Waals surface area contributed by atoms with Crippen molar-refractivity contribution in [2.24, 2.45) is 0 Å². The second-order valence-corrected chi connectivity index (χ2v) is 9.97. The zero-order valence-corrected chi connectivity index (χ0v) is 21.8. The smallest absolute Gasteiger partial charge is 0.262 e. The van der Waals surface area contributed by atoms with Gasteiger partial charge in [-0.05, 0) is 61.9 Å². The maximum absolute atomic E-state index is 14.0. The number of H-pyrrole nitrogens is 1. The van der Waals surface area contributed by atoms with Gasteiger partial charge in [0, 0.05) is 50.2 Å². The molecule has 0 radical (unpaired) electrons. The number of amides is 1. The number of fused-ring (bicyclic) bond motifs is 1. The molecule has 2 heterocycles. The number of halogens is 2. The number of para-hydroxylation sites is 1. The largest absolute Gasteiger partial charge is 0.367 e. The molecule has 3 aromatic rings. The lowest BCUT2D eigenvalue weighted by atomic mass is 10.2. The number of hydrogen-bond acceptors (Lipinski definition) is 5. The van der Waals surface area contributed by atoms with E-state index in [1.807, 2.05) is 24.3 Å². The normalized spacial score (nSPS) is 14.4. The molecule has 186 valence electrons. The van der Waals surface area contributed by atoms with Crippen molar-refractivity contribution in [2.45, 2.75) is 25.8 Å². The Bertz CT molecular complexity index is 1300. The lowest BCUT2D eigenvalue weighted by molar-refractivity contribution is -0.121. The first-order valence-electron chi connectivity index (χ1n) is 11.8. The van der Waals surface area contributed by atoms with Gasteiger partial charge in [0.2, 0.25) is 5.91 Å². The standard InChI is InChI=1S/C25H29BrFN5O2S/c26-18-8-9-21-19(17-18)24(34)32(25(35)29-21)12-3-7-23(33)28-10-4-11-30-13-15-31(16-14-30)22-6-2-1-5-20(22)27/h1-2,5-6,8-9,17H,3-4,7,10-16H2,(H,28,33)(H,29,35). The molecule has 1 amide bonds. The van der Waals surface area contributed by atoms with Crippen molar-refractivity contribution < 1.29 is 9.18 Å². The molecule has 1 fully saturated rings. The fraction of sp³-hybridized carbons (Fsp3) is 0.400. The highest BCUT2D eigenvalue weighted by molar-refractivity contribution is 9.10. The van der Waals surface area contributed by atoms with Gasteiger partial charge in [0.1, 0.15) is 5.82 Å². The molecule has 1 aromatic heterocycles. The van der Waals surface area contributed by atoms with E-state index in [0.29, 0.717) is 47.3 Å². The average molecular weight is 563 g/mol. The minimum Gasteiger partial charge on any atom is -0.367 e. The molecular weight excluding hydrogens is 533 g/mol. The highest BCUT2D eigenvalue weighted by atomic mass is 79.9. The summed E-state index contributed by atoms with van der Waals surface area (Å²) in [6, 6.07) is 12.3. The van der Waals surface area contributed by atoms with Gasteiger partial charge in [0.25, 0.3) is 5.56 Å². The van der Waals surface area contributed by atoms with E-state index in [1.165, 1.54) is 10.6 Å². The van der Waals surface area contributed by atoms with Crippen LogP contribution >= 0.6 is 28.1 Å². The van der Waals surface area contributed by atoms with Crippen molar-refractivity contribution in [1.82, 2.24) is 19.8 Å². The van der Waals surface area contributed by atoms with Crippen LogP contribution < -0.4 is 15.8 Å². The van der Waals surface area contributed by atoms with Crippen LogP contribution in [-0.4, -0.2) is 59.6 Å². The Hall–Kier alpha value is -2.56. The summed E-state index contributed by atoms with van der Waals surface area (Å²) in [7, 11) is 0. The third-order valence-corrected chi connectivity index (χ3v) is 7.08. The Morgan fingerprint density at radius 3 is 2.63 bits per heavy atom. The molecule has 7 nitrogen and oxygen atoms in total. The van der Waals surface area contributed by atoms with Crippen molar-refractivity contribution in [1.29, 1.82) is 0 Å². The van der Waals surface area contributed by atoms with Crippen molar-refractivity contribution in [3.8, 4) is 0 Å². The van der Waals surface area contributed by atoms with Crippen LogP contribution in [0, 0.1) is 10.6 Å². The van der Waals surface area contributed by atoms with Gasteiger partial charge in [-0.3, -0.25) is 19.1 Å². The van der Waals surface area contributed by atoms with Gasteiger partial charge < -0.3 is 15.2 Å². The molecule has 0 saturated carbocycles. The van der Waals surface area contributed by atoms with Crippen molar-refractivity contribution in [2.75, 3.05) is 44.2 Å². The van der Waals surface area contributed by atoms with Gasteiger partial charge in [-0.15, -0.1) is 0 Å². The van der Waals surface area contributed by atoms with E-state index < -0.39 is 0 Å². The number of benzene rings is 2. The highest BCUT2D eigenvalue weighted by Crippen LogP contribution is 2.20. The van der Waals surface area contributed by atoms with Crippen LogP contribution in [0.15, 0.2) is 51.7 Å². The SMILES string of the molecule is O=C(CCCn1c(=S)[nH]c2ccc(Br)cc2c1=O)NCCCN1CCN(c2ccccc2F)CC1. The molecule has 0 unspecified atom stereocenters. The van der Waals surface area contributed by atoms with Gasteiger partial charge >= 0.3 is 0 Å². The summed E-state index contributed by atoms with van der Waals surface area (Å²) in [5.74, 6) is -0.204. The minimum atomic E-state index is -0.177. The first-order chi connectivity index (χ1) is 16.9. The first kappa shape index (κ1) is 25.5. The summed E-state index contributed by atoms with van der Waals surface area (Å²) in [6.07, 6.45) is 1.72. The molecule has 35 heavy (non-hydrogen) atoms. The number of aromatic nitrogens is 2. The molecule has 2 N–H and O–H groups in total. The molecule has 4 rings (SSSR count). The number of piperazine rings is 1. The second kappa shape index (κ2) is 11.9. The first-order valence-corrected chi connectivity index (χ1v) is 13.0. The van der Waals surface area contributed by atoms with Crippen LogP contribution in [0.2, 0.25) is 0 Å². The predicted molar refractivity (Wildman–Crippen MR) is 143 cm³/mol. The molecule has 1 saturated heterocycles. The number of anilines is 1. The summed E-state index contributed by atoms with van der Waals surface area (Å²) < 4.78 is 16.7. The van der Waals surface area contributed by atoms with Crippen LogP contribution in [0.5, 0.6) is 0 Å². The zero-order valence-electron chi connectivity index (χ0n) is 19.4. The Labute approximate surface area is 217 Å². The van der Waals surface area contributed by atoms with E-state index >= 15 is 0 Å². The number of nitrogens with one attached hydrogen (secondary N) is 2. The summed E-state index contributed by atoms with van der Waals surface area (Å²) in [4.78, 5) is 32.5. The summed E-state index contributed by atoms with van der Waals surface area (Å²) in [5.41, 5.74) is 1.21. The molecule has 1 aliphatic rings. The number of carbonyl (C=O) groups is 1. The van der Waals surface area contributed by atoms with Gasteiger partial charge in [0.05, 0.1) is 16.6 Å². The zero-order chi connectivity index (χ0) is 24.8.